The molecule has 32 heteroatoms. The summed E-state index contributed by atoms with van der Waals surface area (Å²) in [5.74, 6) is -12.7. The van der Waals surface area contributed by atoms with E-state index in [-0.39, 0.29) is 12.8 Å². The van der Waals surface area contributed by atoms with E-state index in [1.807, 2.05) is 0 Å². The Morgan fingerprint density at radius 1 is 0.513 bits per heavy atom. The van der Waals surface area contributed by atoms with Gasteiger partial charge in [0.1, 0.15) is 48.3 Å². The molecule has 0 aliphatic rings. The van der Waals surface area contributed by atoms with Crippen LogP contribution in [0.25, 0.3) is 10.9 Å². The molecule has 0 fully saturated rings. The molecule has 2 rings (SSSR count). The number of aliphatic carboxylic acids is 1. The number of carbonyl (C=O) groups is 12. The number of amides is 11. The Labute approximate surface area is 446 Å². The fourth-order valence-electron chi connectivity index (χ4n) is 7.05. The summed E-state index contributed by atoms with van der Waals surface area (Å²) in [4.78, 5) is 156. The van der Waals surface area contributed by atoms with E-state index in [9.17, 15) is 88.2 Å². The molecule has 0 spiro atoms. The van der Waals surface area contributed by atoms with Gasteiger partial charge >= 0.3 is 5.97 Å². The van der Waals surface area contributed by atoms with Gasteiger partial charge in [0.05, 0.1) is 57.7 Å². The van der Waals surface area contributed by atoms with E-state index in [1.165, 1.54) is 6.92 Å². The molecule has 1 aromatic heterocycles. The van der Waals surface area contributed by atoms with Gasteiger partial charge in [-0.1, -0.05) is 18.2 Å². The molecule has 2 aromatic rings. The summed E-state index contributed by atoms with van der Waals surface area (Å²) in [5, 5.41) is 84.8. The SMILES string of the molecule is C[C@H](NC(=O)[C@@H](NC(=O)CNC(=O)CNC(=O)[C@@H](NC(=O)CNC(=O)[C@H](CO)NC(=O)[C@H](CO)NC(=O)CN)[C@@H](C)O)[C@@H](C)O)C(=O)N[C@H](C(=O)N[C@@H](Cc1c[nH]c2ccccc12)C(=O)N[C@@H](CCCCN)C(=O)O)[C@@H](C)O. The van der Waals surface area contributed by atoms with Gasteiger partial charge < -0.3 is 106 Å². The van der Waals surface area contributed by atoms with Gasteiger partial charge in [-0.05, 0) is 65.1 Å². The Hall–Kier alpha value is -7.88. The predicted molar refractivity (Wildman–Crippen MR) is 271 cm³/mol. The van der Waals surface area contributed by atoms with Crippen molar-refractivity contribution in [1.82, 2.24) is 63.5 Å². The van der Waals surface area contributed by atoms with Crippen LogP contribution in [0, 0.1) is 0 Å². The molecule has 22 N–H and O–H groups in total. The minimum absolute atomic E-state index is 0.0344. The number of carboxylic acids is 1. The lowest BCUT2D eigenvalue weighted by Crippen LogP contribution is -2.61. The number of benzene rings is 1. The molecule has 78 heavy (non-hydrogen) atoms. The van der Waals surface area contributed by atoms with E-state index in [4.69, 9.17) is 11.5 Å². The van der Waals surface area contributed by atoms with E-state index in [1.54, 1.807) is 30.5 Å². The standard InChI is InChI=1S/C46H72N14O18/c1-21(39(70)60-38(24(4)65)45(76)56-29(13-25-15-49-27-10-6-5-9-26(25)27)41(72)55-28(46(77)78)11-7-8-12-47)53-44(75)37(23(3)64)59-34(68)17-50-33(67)16-52-43(74)36(22(2)63)58-35(69)18-51-40(71)30(19-61)57-42(73)31(20-62)54-32(66)14-48/h5-6,9-10,15,21-24,28-31,36-38,49,61-65H,7-8,11-14,16-20,47-48H2,1-4H3,(H,50,67)(H,51,71)(H,52,74)(H,53,75)(H,54,66)(H,55,72)(H,56,76)(H,57,73)(H,58,69)(H,59,68)(H,60,70)(H,77,78)/t21-,22+,23+,24+,28-,29-,30-,31-,36-,37-,38-/m0/s1. The van der Waals surface area contributed by atoms with Gasteiger partial charge in [0.25, 0.3) is 0 Å². The average molecular weight is 1110 g/mol. The van der Waals surface area contributed by atoms with Crippen molar-refractivity contribution in [2.24, 2.45) is 11.5 Å². The molecule has 0 aliphatic heterocycles. The second-order valence-electron chi connectivity index (χ2n) is 17.8. The van der Waals surface area contributed by atoms with Gasteiger partial charge in [-0.2, -0.15) is 0 Å². The Bertz CT molecular complexity index is 2420. The van der Waals surface area contributed by atoms with Crippen molar-refractivity contribution in [1.29, 1.82) is 0 Å². The van der Waals surface area contributed by atoms with Crippen molar-refractivity contribution in [3.63, 3.8) is 0 Å². The van der Waals surface area contributed by atoms with Crippen LogP contribution < -0.4 is 70.0 Å². The molecule has 434 valence electrons. The third-order valence-corrected chi connectivity index (χ3v) is 11.4. The fraction of sp³-hybridized carbons (Fsp3) is 0.565. The average Bonchev–Trinajstić information content (AvgIpc) is 3.81. The fourth-order valence-corrected chi connectivity index (χ4v) is 7.05. The van der Waals surface area contributed by atoms with Crippen molar-refractivity contribution in [3.05, 3.63) is 36.0 Å². The number of aliphatic hydroxyl groups is 5. The molecule has 0 unspecified atom stereocenters. The summed E-state index contributed by atoms with van der Waals surface area (Å²) in [6.07, 6.45) is -2.47. The van der Waals surface area contributed by atoms with Gasteiger partial charge in [-0.15, -0.1) is 0 Å². The van der Waals surface area contributed by atoms with E-state index in [2.05, 4.69) is 63.5 Å². The number of hydrogen-bond acceptors (Lipinski definition) is 19. The van der Waals surface area contributed by atoms with Crippen LogP contribution in [-0.4, -0.2) is 219 Å². The van der Waals surface area contributed by atoms with Crippen LogP contribution in [0.5, 0.6) is 0 Å². The monoisotopic (exact) mass is 1110 g/mol. The summed E-state index contributed by atoms with van der Waals surface area (Å²) in [6, 6.07) is -5.66. The number of unbranched alkanes of at least 4 members (excludes halogenated alkanes) is 1. The molecule has 1 heterocycles. The number of rotatable bonds is 34. The van der Waals surface area contributed by atoms with Crippen molar-refractivity contribution in [2.75, 3.05) is 45.9 Å². The first-order valence-corrected chi connectivity index (χ1v) is 24.4. The van der Waals surface area contributed by atoms with Crippen LogP contribution in [0.15, 0.2) is 30.5 Å². The lowest BCUT2D eigenvalue weighted by Gasteiger charge is -2.27. The van der Waals surface area contributed by atoms with Crippen LogP contribution >= 0.6 is 0 Å². The zero-order chi connectivity index (χ0) is 58.8. The van der Waals surface area contributed by atoms with Crippen LogP contribution in [0.2, 0.25) is 0 Å². The maximum Gasteiger partial charge on any atom is 0.326 e. The number of aromatic nitrogens is 1. The molecule has 11 amide bonds. The zero-order valence-electron chi connectivity index (χ0n) is 43.3. The molecule has 0 saturated carbocycles. The number of aromatic amines is 1. The lowest BCUT2D eigenvalue weighted by molar-refractivity contribution is -0.142. The second-order valence-corrected chi connectivity index (χ2v) is 17.8. The molecular formula is C46H72N14O18. The Morgan fingerprint density at radius 2 is 1.00 bits per heavy atom. The summed E-state index contributed by atoms with van der Waals surface area (Å²) in [7, 11) is 0. The number of fused-ring (bicyclic) bond motifs is 1. The first-order chi connectivity index (χ1) is 36.8. The van der Waals surface area contributed by atoms with Gasteiger partial charge in [0, 0.05) is 23.5 Å². The summed E-state index contributed by atoms with van der Waals surface area (Å²) in [5.41, 5.74) is 12.0. The molecule has 32 nitrogen and oxygen atoms in total. The lowest BCUT2D eigenvalue weighted by atomic mass is 10.0. The number of nitrogens with two attached hydrogens (primary N) is 2. The first kappa shape index (κ1) is 66.2. The maximum atomic E-state index is 13.7. The first-order valence-electron chi connectivity index (χ1n) is 24.4. The topological polar surface area (TPSA) is 526 Å². The number of para-hydroxylation sites is 1. The normalized spacial score (nSPS) is 15.3. The Balaban J connectivity index is 1.99. The minimum Gasteiger partial charge on any atom is -0.480 e. The molecule has 0 aliphatic carbocycles. The van der Waals surface area contributed by atoms with Crippen molar-refractivity contribution in [3.8, 4) is 0 Å². The second kappa shape index (κ2) is 33.3. The molecular weight excluding hydrogens is 1040 g/mol. The highest BCUT2D eigenvalue weighted by atomic mass is 16.4. The number of hydrogen-bond donors (Lipinski definition) is 20. The molecule has 0 radical (unpaired) electrons. The number of nitrogens with one attached hydrogen (secondary N) is 12. The van der Waals surface area contributed by atoms with Gasteiger partial charge in [-0.25, -0.2) is 4.79 Å². The van der Waals surface area contributed by atoms with Crippen LogP contribution in [0.4, 0.5) is 0 Å². The van der Waals surface area contributed by atoms with Crippen molar-refractivity contribution < 1.29 is 88.2 Å². The van der Waals surface area contributed by atoms with Gasteiger partial charge in [-0.3, -0.25) is 52.7 Å². The Kier molecular flexibility index (Phi) is 28.3. The van der Waals surface area contributed by atoms with Gasteiger partial charge in [0.2, 0.25) is 65.0 Å². The summed E-state index contributed by atoms with van der Waals surface area (Å²) in [6.45, 7) is -0.116. The number of carbonyl (C=O) groups excluding carboxylic acids is 11. The largest absolute Gasteiger partial charge is 0.480 e. The van der Waals surface area contributed by atoms with E-state index in [0.717, 1.165) is 20.8 Å². The smallest absolute Gasteiger partial charge is 0.326 e. The molecule has 11 atom stereocenters. The quantitative estimate of drug-likeness (QED) is 0.0289. The number of carboxylic acid groups (broad SMARTS) is 1. The minimum atomic E-state index is -1.75. The summed E-state index contributed by atoms with van der Waals surface area (Å²) >= 11 is 0. The van der Waals surface area contributed by atoms with Crippen molar-refractivity contribution >= 4 is 81.9 Å². The predicted octanol–water partition coefficient (Wildman–Crippen LogP) is -9.74. The Morgan fingerprint density at radius 3 is 1.56 bits per heavy atom. The van der Waals surface area contributed by atoms with E-state index >= 15 is 0 Å². The highest BCUT2D eigenvalue weighted by Crippen LogP contribution is 2.20. The maximum absolute atomic E-state index is 13.7. The van der Waals surface area contributed by atoms with E-state index < -0.39 is 177 Å². The third-order valence-electron chi connectivity index (χ3n) is 11.4. The molecule has 1 aromatic carbocycles. The summed E-state index contributed by atoms with van der Waals surface area (Å²) < 4.78 is 0. The highest BCUT2D eigenvalue weighted by Gasteiger charge is 2.35. The number of H-pyrrole nitrogens is 1. The molecule has 0 bridgehead atoms. The van der Waals surface area contributed by atoms with Gasteiger partial charge in [0.15, 0.2) is 0 Å². The molecule has 0 saturated heterocycles. The highest BCUT2D eigenvalue weighted by molar-refractivity contribution is 5.98. The zero-order valence-corrected chi connectivity index (χ0v) is 43.3. The van der Waals surface area contributed by atoms with Crippen molar-refractivity contribution in [2.45, 2.75) is 120 Å². The van der Waals surface area contributed by atoms with Crippen LogP contribution in [0.3, 0.4) is 0 Å². The third kappa shape index (κ3) is 22.0. The number of aliphatic hydroxyl groups excluding tert-OH is 5. The van der Waals surface area contributed by atoms with Crippen LogP contribution in [-0.2, 0) is 64.0 Å². The van der Waals surface area contributed by atoms with E-state index in [0.29, 0.717) is 35.9 Å². The van der Waals surface area contributed by atoms with Crippen LogP contribution in [0.1, 0.15) is 52.5 Å².